The van der Waals surface area contributed by atoms with Crippen molar-refractivity contribution in [3.05, 3.63) is 18.0 Å². The van der Waals surface area contributed by atoms with E-state index in [2.05, 4.69) is 5.32 Å². The molecule has 0 aliphatic heterocycles. The third-order valence-corrected chi connectivity index (χ3v) is 3.41. The molecule has 1 aromatic heterocycles. The second-order valence-electron chi connectivity index (χ2n) is 3.88. The minimum absolute atomic E-state index is 0.208. The second kappa shape index (κ2) is 3.62. The SMILES string of the molecule is CNCc1cc(S(N)(=O)=O)cn1C1CC1. The Labute approximate surface area is 89.3 Å². The van der Waals surface area contributed by atoms with Crippen LogP contribution in [-0.2, 0) is 16.6 Å². The van der Waals surface area contributed by atoms with E-state index in [0.717, 1.165) is 18.5 Å². The lowest BCUT2D eigenvalue weighted by atomic mass is 10.4. The number of nitrogens with one attached hydrogen (secondary N) is 1. The second-order valence-corrected chi connectivity index (χ2v) is 5.44. The molecule has 5 nitrogen and oxygen atoms in total. The van der Waals surface area contributed by atoms with Crippen molar-refractivity contribution in [3.8, 4) is 0 Å². The summed E-state index contributed by atoms with van der Waals surface area (Å²) in [4.78, 5) is 0.208. The third kappa shape index (κ3) is 2.22. The van der Waals surface area contributed by atoms with E-state index in [1.807, 2.05) is 11.6 Å². The van der Waals surface area contributed by atoms with Gasteiger partial charge in [0.05, 0.1) is 4.90 Å². The van der Waals surface area contributed by atoms with Crippen LogP contribution in [0, 0.1) is 0 Å². The van der Waals surface area contributed by atoms with Crippen molar-refractivity contribution >= 4 is 10.0 Å². The Bertz CT molecular complexity index is 460. The number of nitrogens with zero attached hydrogens (tertiary/aromatic N) is 1. The monoisotopic (exact) mass is 229 g/mol. The molecule has 1 aliphatic carbocycles. The predicted molar refractivity (Wildman–Crippen MR) is 56.8 cm³/mol. The molecule has 0 unspecified atom stereocenters. The summed E-state index contributed by atoms with van der Waals surface area (Å²) in [5, 5.41) is 8.11. The number of hydrogen-bond acceptors (Lipinski definition) is 3. The van der Waals surface area contributed by atoms with Gasteiger partial charge in [-0.15, -0.1) is 0 Å². The zero-order chi connectivity index (χ0) is 11.1. The first-order valence-corrected chi connectivity index (χ1v) is 6.45. The Morgan fingerprint density at radius 3 is 2.73 bits per heavy atom. The predicted octanol–water partition coefficient (Wildman–Crippen LogP) is 0.190. The van der Waals surface area contributed by atoms with Crippen LogP contribution in [0.5, 0.6) is 0 Å². The van der Waals surface area contributed by atoms with E-state index in [-0.39, 0.29) is 4.90 Å². The number of hydrogen-bond donors (Lipinski definition) is 2. The fourth-order valence-corrected chi connectivity index (χ4v) is 2.23. The van der Waals surface area contributed by atoms with Gasteiger partial charge in [0.25, 0.3) is 0 Å². The lowest BCUT2D eigenvalue weighted by Gasteiger charge is -2.05. The molecule has 1 fully saturated rings. The molecule has 0 saturated heterocycles. The van der Waals surface area contributed by atoms with Gasteiger partial charge in [-0.2, -0.15) is 0 Å². The summed E-state index contributed by atoms with van der Waals surface area (Å²) in [7, 11) is -1.74. The molecule has 0 amide bonds. The van der Waals surface area contributed by atoms with E-state index < -0.39 is 10.0 Å². The molecule has 0 atom stereocenters. The van der Waals surface area contributed by atoms with Crippen LogP contribution in [0.2, 0.25) is 0 Å². The summed E-state index contributed by atoms with van der Waals surface area (Å²) < 4.78 is 24.4. The largest absolute Gasteiger partial charge is 0.346 e. The molecule has 1 aromatic rings. The first kappa shape index (κ1) is 10.7. The highest BCUT2D eigenvalue weighted by Gasteiger charge is 2.27. The standard InChI is InChI=1S/C9H15N3O2S/c1-11-5-8-4-9(15(10,13)14)6-12(8)7-2-3-7/h4,6-7,11H,2-3,5H2,1H3,(H2,10,13,14). The molecule has 1 heterocycles. The van der Waals surface area contributed by atoms with Crippen LogP contribution in [-0.4, -0.2) is 20.0 Å². The highest BCUT2D eigenvalue weighted by Crippen LogP contribution is 2.37. The van der Waals surface area contributed by atoms with Gasteiger partial charge in [0.2, 0.25) is 10.0 Å². The first-order chi connectivity index (χ1) is 7.02. The Morgan fingerprint density at radius 1 is 1.60 bits per heavy atom. The zero-order valence-electron chi connectivity index (χ0n) is 8.60. The average Bonchev–Trinajstić information content (AvgIpc) is 2.87. The molecule has 84 valence electrons. The van der Waals surface area contributed by atoms with Gasteiger partial charge < -0.3 is 9.88 Å². The molecule has 0 bridgehead atoms. The maximum absolute atomic E-state index is 11.2. The lowest BCUT2D eigenvalue weighted by Crippen LogP contribution is -2.11. The minimum atomic E-state index is -3.58. The number of primary sulfonamides is 1. The van der Waals surface area contributed by atoms with Crippen molar-refractivity contribution in [2.45, 2.75) is 30.3 Å². The van der Waals surface area contributed by atoms with Crippen LogP contribution in [0.1, 0.15) is 24.6 Å². The van der Waals surface area contributed by atoms with Crippen molar-refractivity contribution < 1.29 is 8.42 Å². The molecule has 2 rings (SSSR count). The van der Waals surface area contributed by atoms with E-state index >= 15 is 0 Å². The van der Waals surface area contributed by atoms with Crippen LogP contribution in [0.25, 0.3) is 0 Å². The molecule has 1 saturated carbocycles. The normalized spacial score (nSPS) is 16.9. The van der Waals surface area contributed by atoms with Gasteiger partial charge in [0, 0.05) is 24.5 Å². The van der Waals surface area contributed by atoms with Gasteiger partial charge in [-0.05, 0) is 26.0 Å². The van der Waals surface area contributed by atoms with Gasteiger partial charge in [-0.25, -0.2) is 13.6 Å². The average molecular weight is 229 g/mol. The molecule has 6 heteroatoms. The topological polar surface area (TPSA) is 77.1 Å². The van der Waals surface area contributed by atoms with Gasteiger partial charge in [0.1, 0.15) is 0 Å². The highest BCUT2D eigenvalue weighted by molar-refractivity contribution is 7.89. The van der Waals surface area contributed by atoms with E-state index in [0.29, 0.717) is 12.6 Å². The third-order valence-electron chi connectivity index (χ3n) is 2.53. The van der Waals surface area contributed by atoms with Gasteiger partial charge in [-0.3, -0.25) is 0 Å². The van der Waals surface area contributed by atoms with E-state index in [9.17, 15) is 8.42 Å². The number of sulfonamides is 1. The summed E-state index contributed by atoms with van der Waals surface area (Å²) >= 11 is 0. The van der Waals surface area contributed by atoms with Crippen molar-refractivity contribution in [1.29, 1.82) is 0 Å². The van der Waals surface area contributed by atoms with Crippen molar-refractivity contribution in [2.24, 2.45) is 5.14 Å². The van der Waals surface area contributed by atoms with Crippen LogP contribution in [0.4, 0.5) is 0 Å². The summed E-state index contributed by atoms with van der Waals surface area (Å²) in [5.74, 6) is 0. The minimum Gasteiger partial charge on any atom is -0.346 e. The molecule has 1 aliphatic rings. The number of aromatic nitrogens is 1. The maximum Gasteiger partial charge on any atom is 0.239 e. The summed E-state index contributed by atoms with van der Waals surface area (Å²) in [6, 6.07) is 2.10. The molecule has 0 radical (unpaired) electrons. The zero-order valence-corrected chi connectivity index (χ0v) is 9.42. The molecule has 15 heavy (non-hydrogen) atoms. The summed E-state index contributed by atoms with van der Waals surface area (Å²) in [6.07, 6.45) is 3.88. The van der Waals surface area contributed by atoms with E-state index in [1.165, 1.54) is 0 Å². The van der Waals surface area contributed by atoms with Crippen molar-refractivity contribution in [3.63, 3.8) is 0 Å². The Balaban J connectivity index is 2.39. The van der Waals surface area contributed by atoms with Crippen molar-refractivity contribution in [1.82, 2.24) is 9.88 Å². The summed E-state index contributed by atoms with van der Waals surface area (Å²) in [5.41, 5.74) is 0.976. The maximum atomic E-state index is 11.2. The highest BCUT2D eigenvalue weighted by atomic mass is 32.2. The molecule has 0 spiro atoms. The molecule has 0 aromatic carbocycles. The quantitative estimate of drug-likeness (QED) is 0.773. The number of nitrogens with two attached hydrogens (primary N) is 1. The van der Waals surface area contributed by atoms with Gasteiger partial charge >= 0.3 is 0 Å². The fraction of sp³-hybridized carbons (Fsp3) is 0.556. The first-order valence-electron chi connectivity index (χ1n) is 4.90. The Morgan fingerprint density at radius 2 is 2.27 bits per heavy atom. The summed E-state index contributed by atoms with van der Waals surface area (Å²) in [6.45, 7) is 0.659. The smallest absolute Gasteiger partial charge is 0.239 e. The van der Waals surface area contributed by atoms with E-state index in [1.54, 1.807) is 12.3 Å². The van der Waals surface area contributed by atoms with Crippen LogP contribution in [0.3, 0.4) is 0 Å². The lowest BCUT2D eigenvalue weighted by molar-refractivity contribution is 0.597. The van der Waals surface area contributed by atoms with E-state index in [4.69, 9.17) is 5.14 Å². The number of rotatable bonds is 4. The Kier molecular flexibility index (Phi) is 2.57. The Hall–Kier alpha value is -0.850. The van der Waals surface area contributed by atoms with Gasteiger partial charge in [0.15, 0.2) is 0 Å². The van der Waals surface area contributed by atoms with Crippen LogP contribution >= 0.6 is 0 Å². The van der Waals surface area contributed by atoms with Crippen LogP contribution in [0.15, 0.2) is 17.2 Å². The molecule has 3 N–H and O–H groups in total. The molecular formula is C9H15N3O2S. The van der Waals surface area contributed by atoms with Crippen LogP contribution < -0.4 is 10.5 Å². The fourth-order valence-electron chi connectivity index (χ4n) is 1.67. The van der Waals surface area contributed by atoms with Crippen molar-refractivity contribution in [2.75, 3.05) is 7.05 Å². The molecular weight excluding hydrogens is 214 g/mol. The van der Waals surface area contributed by atoms with Gasteiger partial charge in [-0.1, -0.05) is 0 Å².